The molecule has 0 saturated carbocycles. The van der Waals surface area contributed by atoms with Crippen LogP contribution in [0, 0.1) is 6.92 Å². The third-order valence-corrected chi connectivity index (χ3v) is 4.02. The molecule has 3 rings (SSSR count). The van der Waals surface area contributed by atoms with E-state index >= 15 is 0 Å². The second-order valence-corrected chi connectivity index (χ2v) is 5.47. The molecule has 0 amide bonds. The van der Waals surface area contributed by atoms with E-state index in [1.807, 2.05) is 6.20 Å². The predicted molar refractivity (Wildman–Crippen MR) is 75.0 cm³/mol. The smallest absolute Gasteiger partial charge is 0.148 e. The summed E-state index contributed by atoms with van der Waals surface area (Å²) in [6.45, 7) is 5.11. The minimum Gasteiger partial charge on any atom is -0.377 e. The Morgan fingerprint density at radius 2 is 2.26 bits per heavy atom. The normalized spacial score (nSPS) is 21.6. The van der Waals surface area contributed by atoms with Crippen molar-refractivity contribution in [2.24, 2.45) is 0 Å². The summed E-state index contributed by atoms with van der Waals surface area (Å²) in [5.74, 6) is 0.790. The monoisotopic (exact) mass is 256 g/mol. The Kier molecular flexibility index (Phi) is 2.94. The maximum Gasteiger partial charge on any atom is 0.148 e. The van der Waals surface area contributed by atoms with Gasteiger partial charge >= 0.3 is 0 Å². The van der Waals surface area contributed by atoms with Crippen LogP contribution in [0.15, 0.2) is 30.6 Å². The van der Waals surface area contributed by atoms with Gasteiger partial charge < -0.3 is 9.67 Å². The van der Waals surface area contributed by atoms with Crippen molar-refractivity contribution >= 4 is 0 Å². The molecule has 100 valence electrons. The first-order valence-electron chi connectivity index (χ1n) is 6.99. The maximum atomic E-state index is 11.2. The van der Waals surface area contributed by atoms with Crippen LogP contribution in [-0.4, -0.2) is 14.7 Å². The summed E-state index contributed by atoms with van der Waals surface area (Å²) in [7, 11) is 0. The summed E-state index contributed by atoms with van der Waals surface area (Å²) >= 11 is 0. The molecule has 1 N–H and O–H groups in total. The van der Waals surface area contributed by atoms with Crippen molar-refractivity contribution in [3.63, 3.8) is 0 Å². The molecule has 1 unspecified atom stereocenters. The molecule has 1 aromatic carbocycles. The van der Waals surface area contributed by atoms with Crippen LogP contribution in [0.25, 0.3) is 0 Å². The Balaban J connectivity index is 2.11. The zero-order valence-corrected chi connectivity index (χ0v) is 11.6. The molecule has 1 heterocycles. The second kappa shape index (κ2) is 4.49. The van der Waals surface area contributed by atoms with E-state index in [2.05, 4.69) is 41.6 Å². The van der Waals surface area contributed by atoms with Gasteiger partial charge in [0.2, 0.25) is 0 Å². The SMILES string of the molecule is CCCn1ccnc1C1(O)CCc2ccc(C)cc21. The van der Waals surface area contributed by atoms with E-state index in [4.69, 9.17) is 0 Å². The molecule has 0 spiro atoms. The molecule has 1 aliphatic rings. The summed E-state index contributed by atoms with van der Waals surface area (Å²) in [6.07, 6.45) is 6.44. The topological polar surface area (TPSA) is 38.0 Å². The van der Waals surface area contributed by atoms with Gasteiger partial charge in [0.1, 0.15) is 11.4 Å². The number of benzene rings is 1. The molecule has 1 aromatic heterocycles. The quantitative estimate of drug-likeness (QED) is 0.917. The highest BCUT2D eigenvalue weighted by Crippen LogP contribution is 2.41. The molecule has 1 atom stereocenters. The Labute approximate surface area is 113 Å². The molecule has 3 nitrogen and oxygen atoms in total. The number of fused-ring (bicyclic) bond motifs is 1. The van der Waals surface area contributed by atoms with Gasteiger partial charge in [0.05, 0.1) is 0 Å². The van der Waals surface area contributed by atoms with Gasteiger partial charge in [-0.1, -0.05) is 30.7 Å². The van der Waals surface area contributed by atoms with Crippen molar-refractivity contribution < 1.29 is 5.11 Å². The van der Waals surface area contributed by atoms with Crippen LogP contribution in [0.5, 0.6) is 0 Å². The molecule has 0 radical (unpaired) electrons. The lowest BCUT2D eigenvalue weighted by atomic mass is 9.93. The molecule has 2 aromatic rings. The van der Waals surface area contributed by atoms with Crippen molar-refractivity contribution in [2.45, 2.75) is 45.3 Å². The average Bonchev–Trinajstić information content (AvgIpc) is 2.97. The van der Waals surface area contributed by atoms with E-state index in [0.29, 0.717) is 0 Å². The van der Waals surface area contributed by atoms with E-state index in [9.17, 15) is 5.11 Å². The first kappa shape index (κ1) is 12.4. The maximum absolute atomic E-state index is 11.2. The molecular weight excluding hydrogens is 236 g/mol. The highest BCUT2D eigenvalue weighted by atomic mass is 16.3. The summed E-state index contributed by atoms with van der Waals surface area (Å²) in [5, 5.41) is 11.2. The summed E-state index contributed by atoms with van der Waals surface area (Å²) in [4.78, 5) is 4.43. The molecule has 1 aliphatic carbocycles. The average molecular weight is 256 g/mol. The van der Waals surface area contributed by atoms with Crippen LogP contribution in [0.1, 0.15) is 42.3 Å². The minimum absolute atomic E-state index is 0.729. The van der Waals surface area contributed by atoms with E-state index in [1.54, 1.807) is 6.20 Å². The van der Waals surface area contributed by atoms with E-state index < -0.39 is 5.60 Å². The number of aryl methyl sites for hydroxylation is 3. The van der Waals surface area contributed by atoms with Gasteiger partial charge in [-0.3, -0.25) is 0 Å². The Morgan fingerprint density at radius 1 is 1.42 bits per heavy atom. The molecule has 0 saturated heterocycles. The zero-order valence-electron chi connectivity index (χ0n) is 11.6. The predicted octanol–water partition coefficient (Wildman–Crippen LogP) is 2.78. The Hall–Kier alpha value is -1.61. The molecule has 19 heavy (non-hydrogen) atoms. The van der Waals surface area contributed by atoms with Gasteiger partial charge in [0.25, 0.3) is 0 Å². The Morgan fingerprint density at radius 3 is 3.05 bits per heavy atom. The highest BCUT2D eigenvalue weighted by Gasteiger charge is 2.41. The molecule has 0 bridgehead atoms. The van der Waals surface area contributed by atoms with Crippen molar-refractivity contribution in [1.82, 2.24) is 9.55 Å². The first-order chi connectivity index (χ1) is 9.15. The number of imidazole rings is 1. The largest absolute Gasteiger partial charge is 0.377 e. The number of hydrogen-bond donors (Lipinski definition) is 1. The van der Waals surface area contributed by atoms with Crippen molar-refractivity contribution in [3.8, 4) is 0 Å². The van der Waals surface area contributed by atoms with Crippen LogP contribution in [0.2, 0.25) is 0 Å². The van der Waals surface area contributed by atoms with Gasteiger partial charge in [-0.15, -0.1) is 0 Å². The summed E-state index contributed by atoms with van der Waals surface area (Å²) < 4.78 is 2.08. The van der Waals surface area contributed by atoms with Crippen LogP contribution in [-0.2, 0) is 18.6 Å². The van der Waals surface area contributed by atoms with Crippen molar-refractivity contribution in [3.05, 3.63) is 53.1 Å². The van der Waals surface area contributed by atoms with Crippen LogP contribution in [0.4, 0.5) is 0 Å². The summed E-state index contributed by atoms with van der Waals surface area (Å²) in [5.41, 5.74) is 2.56. The van der Waals surface area contributed by atoms with E-state index in [1.165, 1.54) is 11.1 Å². The number of aromatic nitrogens is 2. The van der Waals surface area contributed by atoms with Crippen LogP contribution < -0.4 is 0 Å². The van der Waals surface area contributed by atoms with Crippen molar-refractivity contribution in [1.29, 1.82) is 0 Å². The highest BCUT2D eigenvalue weighted by molar-refractivity contribution is 5.43. The van der Waals surface area contributed by atoms with Gasteiger partial charge in [-0.05, 0) is 37.3 Å². The lowest BCUT2D eigenvalue weighted by Gasteiger charge is -2.25. The fraction of sp³-hybridized carbons (Fsp3) is 0.438. The molecular formula is C16H20N2O. The standard InChI is InChI=1S/C16H20N2O/c1-3-9-18-10-8-17-15(18)16(19)7-6-13-5-4-12(2)11-14(13)16/h4-5,8,10-11,19H,3,6-7,9H2,1-2H3. The van der Waals surface area contributed by atoms with Gasteiger partial charge in [-0.25, -0.2) is 4.98 Å². The molecule has 0 fully saturated rings. The van der Waals surface area contributed by atoms with E-state index in [-0.39, 0.29) is 0 Å². The van der Waals surface area contributed by atoms with Crippen molar-refractivity contribution in [2.75, 3.05) is 0 Å². The first-order valence-corrected chi connectivity index (χ1v) is 6.99. The lowest BCUT2D eigenvalue weighted by molar-refractivity contribution is 0.0691. The fourth-order valence-corrected chi connectivity index (χ4v) is 3.07. The summed E-state index contributed by atoms with van der Waals surface area (Å²) in [6, 6.07) is 6.35. The number of nitrogens with zero attached hydrogens (tertiary/aromatic N) is 2. The number of aliphatic hydroxyl groups is 1. The zero-order chi connectivity index (χ0) is 13.5. The molecule has 0 aliphatic heterocycles. The van der Waals surface area contributed by atoms with Crippen LogP contribution >= 0.6 is 0 Å². The second-order valence-electron chi connectivity index (χ2n) is 5.47. The lowest BCUT2D eigenvalue weighted by Crippen LogP contribution is -2.28. The number of rotatable bonds is 3. The molecule has 3 heteroatoms. The Bertz CT molecular complexity index is 603. The minimum atomic E-state index is -0.917. The van der Waals surface area contributed by atoms with Gasteiger partial charge in [-0.2, -0.15) is 0 Å². The van der Waals surface area contributed by atoms with Crippen LogP contribution in [0.3, 0.4) is 0 Å². The number of hydrogen-bond acceptors (Lipinski definition) is 2. The van der Waals surface area contributed by atoms with E-state index in [0.717, 1.165) is 37.2 Å². The third-order valence-electron chi connectivity index (χ3n) is 4.02. The van der Waals surface area contributed by atoms with Gasteiger partial charge in [0.15, 0.2) is 0 Å². The fourth-order valence-electron chi connectivity index (χ4n) is 3.07. The third kappa shape index (κ3) is 1.89. The van der Waals surface area contributed by atoms with Gasteiger partial charge in [0, 0.05) is 18.9 Å².